The summed E-state index contributed by atoms with van der Waals surface area (Å²) in [6.45, 7) is 6.04. The molecule has 1 unspecified atom stereocenters. The van der Waals surface area contributed by atoms with Gasteiger partial charge in [0, 0.05) is 25.8 Å². The Kier molecular flexibility index (Phi) is 3.77. The molecule has 1 aliphatic heterocycles. The SMILES string of the molecule is CNC(=O)c1ccc(C2=CCNCC2C)c(C)n1. The summed E-state index contributed by atoms with van der Waals surface area (Å²) in [6, 6.07) is 3.79. The number of amides is 1. The van der Waals surface area contributed by atoms with Gasteiger partial charge >= 0.3 is 0 Å². The first-order chi connectivity index (χ1) is 8.63. The molecule has 1 aliphatic rings. The highest BCUT2D eigenvalue weighted by Crippen LogP contribution is 2.26. The van der Waals surface area contributed by atoms with Crippen LogP contribution in [0.15, 0.2) is 18.2 Å². The van der Waals surface area contributed by atoms with Gasteiger partial charge in [-0.05, 0) is 30.0 Å². The van der Waals surface area contributed by atoms with Crippen molar-refractivity contribution < 1.29 is 4.79 Å². The van der Waals surface area contributed by atoms with E-state index < -0.39 is 0 Å². The van der Waals surface area contributed by atoms with Crippen LogP contribution in [-0.4, -0.2) is 31.0 Å². The Hall–Kier alpha value is -1.68. The van der Waals surface area contributed by atoms with Crippen molar-refractivity contribution in [3.05, 3.63) is 35.2 Å². The van der Waals surface area contributed by atoms with E-state index in [0.29, 0.717) is 11.6 Å². The van der Waals surface area contributed by atoms with Gasteiger partial charge in [0.15, 0.2) is 0 Å². The largest absolute Gasteiger partial charge is 0.354 e. The lowest BCUT2D eigenvalue weighted by atomic mass is 9.90. The Morgan fingerprint density at radius 3 is 2.89 bits per heavy atom. The fourth-order valence-electron chi connectivity index (χ4n) is 2.29. The summed E-state index contributed by atoms with van der Waals surface area (Å²) in [5, 5.41) is 5.92. The number of pyridine rings is 1. The molecule has 0 aliphatic carbocycles. The molecule has 96 valence electrons. The van der Waals surface area contributed by atoms with E-state index in [0.717, 1.165) is 24.3 Å². The lowest BCUT2D eigenvalue weighted by Gasteiger charge is -2.22. The van der Waals surface area contributed by atoms with Crippen LogP contribution in [0.2, 0.25) is 0 Å². The normalized spacial score (nSPS) is 19.3. The average molecular weight is 245 g/mol. The second-order valence-electron chi connectivity index (χ2n) is 4.63. The molecular formula is C14H19N3O. The lowest BCUT2D eigenvalue weighted by Crippen LogP contribution is -2.27. The van der Waals surface area contributed by atoms with Gasteiger partial charge in [0.25, 0.3) is 5.91 Å². The standard InChI is InChI=1S/C14H19N3O/c1-9-8-16-7-6-11(9)12-4-5-13(14(18)15-3)17-10(12)2/h4-6,9,16H,7-8H2,1-3H3,(H,15,18). The molecule has 2 N–H and O–H groups in total. The molecule has 1 amide bonds. The molecule has 1 aromatic heterocycles. The first-order valence-corrected chi connectivity index (χ1v) is 6.24. The molecule has 2 rings (SSSR count). The number of nitrogens with zero attached hydrogens (tertiary/aromatic N) is 1. The van der Waals surface area contributed by atoms with Crippen LogP contribution in [0.4, 0.5) is 0 Å². The number of aromatic nitrogens is 1. The molecule has 0 aromatic carbocycles. The molecule has 0 bridgehead atoms. The number of nitrogens with one attached hydrogen (secondary N) is 2. The van der Waals surface area contributed by atoms with Gasteiger partial charge in [-0.25, -0.2) is 4.98 Å². The van der Waals surface area contributed by atoms with Crippen LogP contribution in [-0.2, 0) is 0 Å². The van der Waals surface area contributed by atoms with E-state index in [1.807, 2.05) is 13.0 Å². The predicted octanol–water partition coefficient (Wildman–Crippen LogP) is 1.37. The van der Waals surface area contributed by atoms with Crippen molar-refractivity contribution in [3.63, 3.8) is 0 Å². The zero-order valence-corrected chi connectivity index (χ0v) is 11.1. The molecule has 1 atom stereocenters. The van der Waals surface area contributed by atoms with E-state index in [-0.39, 0.29) is 5.91 Å². The fourth-order valence-corrected chi connectivity index (χ4v) is 2.29. The number of rotatable bonds is 2. The molecule has 0 saturated carbocycles. The highest BCUT2D eigenvalue weighted by Gasteiger charge is 2.17. The molecule has 2 heterocycles. The maximum atomic E-state index is 11.5. The highest BCUT2D eigenvalue weighted by atomic mass is 16.1. The fraction of sp³-hybridized carbons (Fsp3) is 0.429. The quantitative estimate of drug-likeness (QED) is 0.827. The predicted molar refractivity (Wildman–Crippen MR) is 72.4 cm³/mol. The molecule has 0 radical (unpaired) electrons. The van der Waals surface area contributed by atoms with E-state index >= 15 is 0 Å². The minimum atomic E-state index is -0.142. The summed E-state index contributed by atoms with van der Waals surface area (Å²) in [5.74, 6) is 0.335. The van der Waals surface area contributed by atoms with E-state index in [2.05, 4.69) is 28.6 Å². The topological polar surface area (TPSA) is 54.0 Å². The van der Waals surface area contributed by atoms with Crippen molar-refractivity contribution >= 4 is 11.5 Å². The summed E-state index contributed by atoms with van der Waals surface area (Å²) in [4.78, 5) is 15.9. The van der Waals surface area contributed by atoms with Gasteiger partial charge in [-0.15, -0.1) is 0 Å². The third-order valence-corrected chi connectivity index (χ3v) is 3.30. The van der Waals surface area contributed by atoms with Crippen molar-refractivity contribution in [1.29, 1.82) is 0 Å². The second kappa shape index (κ2) is 5.31. The van der Waals surface area contributed by atoms with Crippen LogP contribution in [0.5, 0.6) is 0 Å². The van der Waals surface area contributed by atoms with Crippen LogP contribution in [0.1, 0.15) is 28.7 Å². The monoisotopic (exact) mass is 245 g/mol. The smallest absolute Gasteiger partial charge is 0.269 e. The minimum Gasteiger partial charge on any atom is -0.354 e. The van der Waals surface area contributed by atoms with Gasteiger partial charge in [0.1, 0.15) is 5.69 Å². The molecule has 18 heavy (non-hydrogen) atoms. The van der Waals surface area contributed by atoms with Crippen molar-refractivity contribution in [2.75, 3.05) is 20.1 Å². The molecule has 0 spiro atoms. The highest BCUT2D eigenvalue weighted by molar-refractivity contribution is 5.92. The molecule has 0 fully saturated rings. The maximum absolute atomic E-state index is 11.5. The number of carbonyl (C=O) groups is 1. The average Bonchev–Trinajstić information content (AvgIpc) is 2.39. The van der Waals surface area contributed by atoms with Crippen LogP contribution in [0.25, 0.3) is 5.57 Å². The first-order valence-electron chi connectivity index (χ1n) is 6.24. The van der Waals surface area contributed by atoms with Crippen molar-refractivity contribution in [2.24, 2.45) is 5.92 Å². The second-order valence-corrected chi connectivity index (χ2v) is 4.63. The van der Waals surface area contributed by atoms with E-state index in [1.165, 1.54) is 5.57 Å². The summed E-state index contributed by atoms with van der Waals surface area (Å²) < 4.78 is 0. The first kappa shape index (κ1) is 12.8. The summed E-state index contributed by atoms with van der Waals surface area (Å²) >= 11 is 0. The third-order valence-electron chi connectivity index (χ3n) is 3.30. The summed E-state index contributed by atoms with van der Waals surface area (Å²) in [5.41, 5.74) is 3.86. The van der Waals surface area contributed by atoms with Crippen LogP contribution >= 0.6 is 0 Å². The Morgan fingerprint density at radius 1 is 1.50 bits per heavy atom. The van der Waals surface area contributed by atoms with E-state index in [9.17, 15) is 4.79 Å². The van der Waals surface area contributed by atoms with Gasteiger partial charge in [-0.2, -0.15) is 0 Å². The Morgan fingerprint density at radius 2 is 2.28 bits per heavy atom. The Bertz CT molecular complexity index is 494. The molecule has 4 heteroatoms. The van der Waals surface area contributed by atoms with Crippen molar-refractivity contribution in [1.82, 2.24) is 15.6 Å². The Balaban J connectivity index is 2.35. The third kappa shape index (κ3) is 2.43. The number of hydrogen-bond acceptors (Lipinski definition) is 3. The zero-order valence-electron chi connectivity index (χ0n) is 11.1. The van der Waals surface area contributed by atoms with Crippen molar-refractivity contribution in [3.8, 4) is 0 Å². The number of carbonyl (C=O) groups excluding carboxylic acids is 1. The van der Waals surface area contributed by atoms with E-state index in [1.54, 1.807) is 13.1 Å². The summed E-state index contributed by atoms with van der Waals surface area (Å²) in [6.07, 6.45) is 2.21. The van der Waals surface area contributed by atoms with Crippen LogP contribution < -0.4 is 10.6 Å². The maximum Gasteiger partial charge on any atom is 0.269 e. The van der Waals surface area contributed by atoms with E-state index in [4.69, 9.17) is 0 Å². The van der Waals surface area contributed by atoms with Gasteiger partial charge in [0.05, 0.1) is 0 Å². The van der Waals surface area contributed by atoms with Gasteiger partial charge in [-0.1, -0.05) is 19.1 Å². The lowest BCUT2D eigenvalue weighted by molar-refractivity contribution is 0.0958. The zero-order chi connectivity index (χ0) is 13.1. The number of aryl methyl sites for hydroxylation is 1. The van der Waals surface area contributed by atoms with Gasteiger partial charge < -0.3 is 10.6 Å². The molecule has 4 nitrogen and oxygen atoms in total. The van der Waals surface area contributed by atoms with Crippen LogP contribution in [0.3, 0.4) is 0 Å². The van der Waals surface area contributed by atoms with Gasteiger partial charge in [0.2, 0.25) is 0 Å². The summed E-state index contributed by atoms with van der Waals surface area (Å²) in [7, 11) is 1.62. The molecule has 1 aromatic rings. The molecular weight excluding hydrogens is 226 g/mol. The van der Waals surface area contributed by atoms with Crippen molar-refractivity contribution in [2.45, 2.75) is 13.8 Å². The number of hydrogen-bond donors (Lipinski definition) is 2. The van der Waals surface area contributed by atoms with Gasteiger partial charge in [-0.3, -0.25) is 4.79 Å². The molecule has 0 saturated heterocycles. The minimum absolute atomic E-state index is 0.142. The Labute approximate surface area is 108 Å². The van der Waals surface area contributed by atoms with Crippen LogP contribution in [0, 0.1) is 12.8 Å².